The van der Waals surface area contributed by atoms with Crippen molar-refractivity contribution in [2.75, 3.05) is 13.2 Å². The SMILES string of the molecule is O=C(NCC[C@@H]1CCCO1)[C@H]1C[C@H]1c1ccc(F)cc1F. The monoisotopic (exact) mass is 295 g/mol. The molecule has 0 radical (unpaired) electrons. The molecule has 1 amide bonds. The van der Waals surface area contributed by atoms with E-state index in [1.807, 2.05) is 0 Å². The van der Waals surface area contributed by atoms with Crippen molar-refractivity contribution in [3.05, 3.63) is 35.4 Å². The van der Waals surface area contributed by atoms with Gasteiger partial charge < -0.3 is 10.1 Å². The third kappa shape index (κ3) is 3.40. The Kier molecular flexibility index (Phi) is 4.19. The van der Waals surface area contributed by atoms with E-state index in [1.54, 1.807) is 0 Å². The minimum atomic E-state index is -0.588. The van der Waals surface area contributed by atoms with Crippen LogP contribution in [0.3, 0.4) is 0 Å². The summed E-state index contributed by atoms with van der Waals surface area (Å²) >= 11 is 0. The van der Waals surface area contributed by atoms with Crippen LogP contribution in [0.15, 0.2) is 18.2 Å². The van der Waals surface area contributed by atoms with E-state index in [0.29, 0.717) is 18.5 Å². The lowest BCUT2D eigenvalue weighted by atomic mass is 10.1. The standard InChI is InChI=1S/C16H19F2NO2/c17-10-3-4-12(15(18)8-10)13-9-14(13)16(20)19-6-5-11-2-1-7-21-11/h3-4,8,11,13-14H,1-2,5-7,9H2,(H,19,20)/t11-,13-,14-/m0/s1. The van der Waals surface area contributed by atoms with Crippen LogP contribution in [0.1, 0.15) is 37.2 Å². The minimum Gasteiger partial charge on any atom is -0.378 e. The Balaban J connectivity index is 1.46. The largest absolute Gasteiger partial charge is 0.378 e. The number of carbonyl (C=O) groups is 1. The first-order valence-corrected chi connectivity index (χ1v) is 7.49. The molecule has 3 atom stereocenters. The highest BCUT2D eigenvalue weighted by molar-refractivity contribution is 5.82. The fourth-order valence-corrected chi connectivity index (χ4v) is 2.99. The van der Waals surface area contributed by atoms with Gasteiger partial charge >= 0.3 is 0 Å². The molecular weight excluding hydrogens is 276 g/mol. The zero-order chi connectivity index (χ0) is 14.8. The Hall–Kier alpha value is -1.49. The van der Waals surface area contributed by atoms with Gasteiger partial charge in [-0.05, 0) is 43.2 Å². The van der Waals surface area contributed by atoms with Crippen molar-refractivity contribution < 1.29 is 18.3 Å². The molecule has 1 heterocycles. The number of nitrogens with one attached hydrogen (secondary N) is 1. The Morgan fingerprint density at radius 3 is 2.95 bits per heavy atom. The predicted octanol–water partition coefficient (Wildman–Crippen LogP) is 2.75. The van der Waals surface area contributed by atoms with E-state index < -0.39 is 11.6 Å². The van der Waals surface area contributed by atoms with Gasteiger partial charge in [0.1, 0.15) is 11.6 Å². The van der Waals surface area contributed by atoms with Crippen molar-refractivity contribution in [2.24, 2.45) is 5.92 Å². The molecule has 114 valence electrons. The highest BCUT2D eigenvalue weighted by atomic mass is 19.1. The molecule has 1 aliphatic carbocycles. The molecule has 2 fully saturated rings. The Morgan fingerprint density at radius 2 is 2.24 bits per heavy atom. The van der Waals surface area contributed by atoms with E-state index in [1.165, 1.54) is 12.1 Å². The van der Waals surface area contributed by atoms with Crippen LogP contribution in [-0.2, 0) is 9.53 Å². The van der Waals surface area contributed by atoms with Gasteiger partial charge in [0.05, 0.1) is 6.10 Å². The summed E-state index contributed by atoms with van der Waals surface area (Å²) in [6.45, 7) is 1.41. The summed E-state index contributed by atoms with van der Waals surface area (Å²) in [5.41, 5.74) is 0.440. The average Bonchev–Trinajstić information content (AvgIpc) is 3.06. The molecule has 1 aromatic carbocycles. The zero-order valence-electron chi connectivity index (χ0n) is 11.8. The van der Waals surface area contributed by atoms with Gasteiger partial charge in [-0.1, -0.05) is 6.07 Å². The van der Waals surface area contributed by atoms with Crippen LogP contribution in [-0.4, -0.2) is 25.2 Å². The third-order valence-electron chi connectivity index (χ3n) is 4.28. The molecule has 0 aromatic heterocycles. The summed E-state index contributed by atoms with van der Waals surface area (Å²) < 4.78 is 32.0. The van der Waals surface area contributed by atoms with Crippen LogP contribution in [0.2, 0.25) is 0 Å². The molecule has 5 heteroatoms. The Bertz CT molecular complexity index is 529. The maximum absolute atomic E-state index is 13.6. The molecule has 1 aromatic rings. The van der Waals surface area contributed by atoms with Gasteiger partial charge in [0.25, 0.3) is 0 Å². The van der Waals surface area contributed by atoms with E-state index in [9.17, 15) is 13.6 Å². The van der Waals surface area contributed by atoms with Gasteiger partial charge in [-0.15, -0.1) is 0 Å². The topological polar surface area (TPSA) is 38.3 Å². The fraction of sp³-hybridized carbons (Fsp3) is 0.562. The summed E-state index contributed by atoms with van der Waals surface area (Å²) in [6.07, 6.45) is 3.87. The summed E-state index contributed by atoms with van der Waals surface area (Å²) in [4.78, 5) is 12.0. The quantitative estimate of drug-likeness (QED) is 0.907. The smallest absolute Gasteiger partial charge is 0.223 e. The molecule has 1 saturated carbocycles. The lowest BCUT2D eigenvalue weighted by molar-refractivity contribution is -0.122. The molecule has 1 N–H and O–H groups in total. The Labute approximate surface area is 122 Å². The first kappa shape index (κ1) is 14.4. The first-order chi connectivity index (χ1) is 10.1. The number of ether oxygens (including phenoxy) is 1. The lowest BCUT2D eigenvalue weighted by Gasteiger charge is -2.10. The maximum atomic E-state index is 13.6. The second kappa shape index (κ2) is 6.10. The lowest BCUT2D eigenvalue weighted by Crippen LogP contribution is -2.28. The second-order valence-electron chi connectivity index (χ2n) is 5.83. The van der Waals surface area contributed by atoms with Crippen molar-refractivity contribution in [3.8, 4) is 0 Å². The van der Waals surface area contributed by atoms with Crippen molar-refractivity contribution in [1.82, 2.24) is 5.32 Å². The fourth-order valence-electron chi connectivity index (χ4n) is 2.99. The summed E-state index contributed by atoms with van der Waals surface area (Å²) in [5, 5.41) is 2.89. The normalized spacial score (nSPS) is 27.6. The van der Waals surface area contributed by atoms with Crippen molar-refractivity contribution in [2.45, 2.75) is 37.7 Å². The summed E-state index contributed by atoms with van der Waals surface area (Å²) in [5.74, 6) is -1.49. The maximum Gasteiger partial charge on any atom is 0.223 e. The minimum absolute atomic E-state index is 0.0401. The van der Waals surface area contributed by atoms with Gasteiger partial charge in [0.2, 0.25) is 5.91 Å². The number of rotatable bonds is 5. The number of halogens is 2. The van der Waals surface area contributed by atoms with Crippen molar-refractivity contribution in [3.63, 3.8) is 0 Å². The van der Waals surface area contributed by atoms with Gasteiger partial charge in [-0.25, -0.2) is 8.78 Å². The van der Waals surface area contributed by atoms with Crippen LogP contribution in [0.5, 0.6) is 0 Å². The van der Waals surface area contributed by atoms with Crippen molar-refractivity contribution >= 4 is 5.91 Å². The third-order valence-corrected chi connectivity index (χ3v) is 4.28. The van der Waals surface area contributed by atoms with E-state index >= 15 is 0 Å². The number of amides is 1. The van der Waals surface area contributed by atoms with E-state index in [2.05, 4.69) is 5.32 Å². The number of carbonyl (C=O) groups excluding carboxylic acids is 1. The molecule has 0 unspecified atom stereocenters. The molecule has 21 heavy (non-hydrogen) atoms. The highest BCUT2D eigenvalue weighted by Crippen LogP contribution is 2.48. The van der Waals surface area contributed by atoms with Crippen molar-refractivity contribution in [1.29, 1.82) is 0 Å². The van der Waals surface area contributed by atoms with Crippen LogP contribution >= 0.6 is 0 Å². The molecule has 0 bridgehead atoms. The summed E-state index contributed by atoms with van der Waals surface area (Å²) in [6, 6.07) is 3.55. The van der Waals surface area contributed by atoms with Gasteiger partial charge in [0, 0.05) is 25.1 Å². The molecule has 3 rings (SSSR count). The number of benzene rings is 1. The van der Waals surface area contributed by atoms with Gasteiger partial charge in [0.15, 0.2) is 0 Å². The van der Waals surface area contributed by atoms with Crippen LogP contribution in [0, 0.1) is 17.6 Å². The zero-order valence-corrected chi connectivity index (χ0v) is 11.8. The van der Waals surface area contributed by atoms with Crippen LogP contribution in [0.4, 0.5) is 8.78 Å². The highest BCUT2D eigenvalue weighted by Gasteiger charge is 2.45. The average molecular weight is 295 g/mol. The number of hydrogen-bond acceptors (Lipinski definition) is 2. The van der Waals surface area contributed by atoms with E-state index in [0.717, 1.165) is 31.9 Å². The Morgan fingerprint density at radius 1 is 1.38 bits per heavy atom. The van der Waals surface area contributed by atoms with Gasteiger partial charge in [-0.2, -0.15) is 0 Å². The molecule has 1 aliphatic heterocycles. The second-order valence-corrected chi connectivity index (χ2v) is 5.83. The van der Waals surface area contributed by atoms with Gasteiger partial charge in [-0.3, -0.25) is 4.79 Å². The molecule has 2 aliphatic rings. The van der Waals surface area contributed by atoms with E-state index in [-0.39, 0.29) is 23.8 Å². The predicted molar refractivity (Wildman–Crippen MR) is 73.8 cm³/mol. The summed E-state index contributed by atoms with van der Waals surface area (Å²) in [7, 11) is 0. The van der Waals surface area contributed by atoms with E-state index in [4.69, 9.17) is 4.74 Å². The first-order valence-electron chi connectivity index (χ1n) is 7.49. The molecular formula is C16H19F2NO2. The molecule has 0 spiro atoms. The van der Waals surface area contributed by atoms with Crippen LogP contribution in [0.25, 0.3) is 0 Å². The molecule has 3 nitrogen and oxygen atoms in total. The number of hydrogen-bond donors (Lipinski definition) is 1. The van der Waals surface area contributed by atoms with Crippen LogP contribution < -0.4 is 5.32 Å². The molecule has 1 saturated heterocycles.